The van der Waals surface area contributed by atoms with Crippen LogP contribution in [0.2, 0.25) is 0 Å². The van der Waals surface area contributed by atoms with Crippen molar-refractivity contribution >= 4 is 10.8 Å². The molecule has 0 radical (unpaired) electrons. The summed E-state index contributed by atoms with van der Waals surface area (Å²) in [5, 5.41) is 0. The normalized spacial score (nSPS) is 31.0. The Hall–Kier alpha value is 0.230. The van der Waals surface area contributed by atoms with Crippen LogP contribution in [0, 0.1) is 5.92 Å². The Morgan fingerprint density at radius 1 is 1.50 bits per heavy atom. The molecule has 10 heavy (non-hydrogen) atoms. The number of rotatable bonds is 1. The van der Waals surface area contributed by atoms with Gasteiger partial charge >= 0.3 is 0 Å². The van der Waals surface area contributed by atoms with E-state index in [4.69, 9.17) is 0 Å². The van der Waals surface area contributed by atoms with Gasteiger partial charge in [0.05, 0.1) is 0 Å². The summed E-state index contributed by atoms with van der Waals surface area (Å²) in [5.41, 5.74) is 0. The first-order chi connectivity index (χ1) is 4.50. The molecule has 0 aromatic carbocycles. The highest BCUT2D eigenvalue weighted by atomic mass is 32.3. The van der Waals surface area contributed by atoms with Crippen molar-refractivity contribution in [2.75, 3.05) is 19.3 Å². The lowest BCUT2D eigenvalue weighted by atomic mass is 10.2. The van der Waals surface area contributed by atoms with Crippen LogP contribution >= 0.6 is 10.8 Å². The SMILES string of the molecule is CC1CCN(S(C)(O)O)C1. The first-order valence-corrected chi connectivity index (χ1v) is 5.39. The van der Waals surface area contributed by atoms with E-state index < -0.39 is 10.8 Å². The van der Waals surface area contributed by atoms with Gasteiger partial charge in [-0.3, -0.25) is 9.11 Å². The van der Waals surface area contributed by atoms with Crippen LogP contribution in [-0.4, -0.2) is 32.8 Å². The van der Waals surface area contributed by atoms with Gasteiger partial charge in [-0.25, -0.2) is 4.31 Å². The highest BCUT2D eigenvalue weighted by Crippen LogP contribution is 2.42. The van der Waals surface area contributed by atoms with Crippen LogP contribution in [0.25, 0.3) is 0 Å². The van der Waals surface area contributed by atoms with Gasteiger partial charge in [-0.1, -0.05) is 6.92 Å². The van der Waals surface area contributed by atoms with Gasteiger partial charge in [0.15, 0.2) is 0 Å². The van der Waals surface area contributed by atoms with Crippen molar-refractivity contribution in [2.45, 2.75) is 13.3 Å². The maximum atomic E-state index is 9.20. The lowest BCUT2D eigenvalue weighted by molar-refractivity contribution is 0.387. The Morgan fingerprint density at radius 2 is 2.10 bits per heavy atom. The summed E-state index contributed by atoms with van der Waals surface area (Å²) in [6, 6.07) is 0. The maximum absolute atomic E-state index is 9.20. The second-order valence-corrected chi connectivity index (χ2v) is 5.18. The fraction of sp³-hybridized carbons (Fsp3) is 1.00. The van der Waals surface area contributed by atoms with Crippen molar-refractivity contribution < 1.29 is 9.11 Å². The molecule has 0 aliphatic carbocycles. The standard InChI is InChI=1S/C6H15NO2S/c1-6-3-4-7(5-6)10(2,8)9/h6,8-9H,3-5H2,1-2H3. The van der Waals surface area contributed by atoms with Crippen LogP contribution in [0.4, 0.5) is 0 Å². The summed E-state index contributed by atoms with van der Waals surface area (Å²) in [6.07, 6.45) is 2.58. The highest BCUT2D eigenvalue weighted by Gasteiger charge is 2.25. The second kappa shape index (κ2) is 2.70. The van der Waals surface area contributed by atoms with Crippen molar-refractivity contribution in [3.63, 3.8) is 0 Å². The molecule has 0 bridgehead atoms. The summed E-state index contributed by atoms with van der Waals surface area (Å²) >= 11 is 0. The molecule has 4 heteroatoms. The van der Waals surface area contributed by atoms with Crippen LogP contribution in [0.1, 0.15) is 13.3 Å². The molecular weight excluding hydrogens is 150 g/mol. The smallest absolute Gasteiger partial charge is 0.0418 e. The largest absolute Gasteiger partial charge is 0.286 e. The molecule has 1 aliphatic rings. The summed E-state index contributed by atoms with van der Waals surface area (Å²) in [6.45, 7) is 3.80. The van der Waals surface area contributed by atoms with Crippen LogP contribution in [0.15, 0.2) is 0 Å². The molecule has 1 atom stereocenters. The molecule has 1 rings (SSSR count). The van der Waals surface area contributed by atoms with Crippen molar-refractivity contribution in [1.82, 2.24) is 4.31 Å². The topological polar surface area (TPSA) is 43.7 Å². The molecule has 1 saturated heterocycles. The molecule has 1 fully saturated rings. The van der Waals surface area contributed by atoms with E-state index in [2.05, 4.69) is 6.92 Å². The van der Waals surface area contributed by atoms with Crippen LogP contribution in [0.3, 0.4) is 0 Å². The number of hydrogen-bond acceptors (Lipinski definition) is 3. The molecule has 1 heterocycles. The molecule has 0 aromatic heterocycles. The van der Waals surface area contributed by atoms with Crippen LogP contribution < -0.4 is 0 Å². The number of hydrogen-bond donors (Lipinski definition) is 2. The quantitative estimate of drug-likeness (QED) is 0.620. The first-order valence-electron chi connectivity index (χ1n) is 3.48. The fourth-order valence-corrected chi connectivity index (χ4v) is 2.20. The summed E-state index contributed by atoms with van der Waals surface area (Å²) < 4.78 is 20.2. The zero-order chi connectivity index (χ0) is 7.78. The van der Waals surface area contributed by atoms with Gasteiger partial charge in [0.1, 0.15) is 0 Å². The van der Waals surface area contributed by atoms with E-state index in [-0.39, 0.29) is 0 Å². The van der Waals surface area contributed by atoms with Crippen molar-refractivity contribution in [1.29, 1.82) is 0 Å². The van der Waals surface area contributed by atoms with Crippen LogP contribution in [0.5, 0.6) is 0 Å². The van der Waals surface area contributed by atoms with Gasteiger partial charge in [-0.05, 0) is 12.3 Å². The summed E-state index contributed by atoms with van der Waals surface area (Å²) in [7, 11) is -2.40. The van der Waals surface area contributed by atoms with E-state index in [1.54, 1.807) is 4.31 Å². The molecule has 0 aromatic rings. The molecule has 1 aliphatic heterocycles. The molecule has 1 unspecified atom stereocenters. The average molecular weight is 165 g/mol. The highest BCUT2D eigenvalue weighted by molar-refractivity contribution is 8.21. The Labute approximate surface area is 63.5 Å². The molecule has 0 spiro atoms. The second-order valence-electron chi connectivity index (χ2n) is 3.07. The zero-order valence-electron chi connectivity index (χ0n) is 6.45. The van der Waals surface area contributed by atoms with E-state index in [9.17, 15) is 9.11 Å². The van der Waals surface area contributed by atoms with Crippen LogP contribution in [-0.2, 0) is 0 Å². The van der Waals surface area contributed by atoms with E-state index in [1.807, 2.05) is 0 Å². The van der Waals surface area contributed by atoms with Gasteiger partial charge in [0, 0.05) is 19.3 Å². The molecular formula is C6H15NO2S. The molecule has 3 nitrogen and oxygen atoms in total. The third-order valence-corrected chi connectivity index (χ3v) is 3.19. The predicted molar refractivity (Wildman–Crippen MR) is 44.1 cm³/mol. The Kier molecular flexibility index (Phi) is 2.24. The van der Waals surface area contributed by atoms with Gasteiger partial charge in [0.2, 0.25) is 0 Å². The lowest BCUT2D eigenvalue weighted by Crippen LogP contribution is -2.23. The minimum Gasteiger partial charge on any atom is -0.286 e. The van der Waals surface area contributed by atoms with Crippen molar-refractivity contribution in [3.05, 3.63) is 0 Å². The third kappa shape index (κ3) is 1.85. The monoisotopic (exact) mass is 165 g/mol. The molecule has 0 saturated carbocycles. The minimum atomic E-state index is -2.40. The summed E-state index contributed by atoms with van der Waals surface area (Å²) in [4.78, 5) is 0. The number of nitrogens with zero attached hydrogens (tertiary/aromatic N) is 1. The average Bonchev–Trinajstić information content (AvgIpc) is 2.11. The van der Waals surface area contributed by atoms with Gasteiger partial charge in [-0.15, -0.1) is 10.8 Å². The Balaban J connectivity index is 2.45. The fourth-order valence-electron chi connectivity index (χ4n) is 1.21. The zero-order valence-corrected chi connectivity index (χ0v) is 7.27. The first kappa shape index (κ1) is 8.33. The molecule has 0 amide bonds. The Morgan fingerprint density at radius 3 is 2.30 bits per heavy atom. The summed E-state index contributed by atoms with van der Waals surface area (Å²) in [5.74, 6) is 0.617. The third-order valence-electron chi connectivity index (χ3n) is 1.88. The lowest BCUT2D eigenvalue weighted by Gasteiger charge is -2.36. The maximum Gasteiger partial charge on any atom is 0.0418 e. The van der Waals surface area contributed by atoms with E-state index in [0.29, 0.717) is 5.92 Å². The predicted octanol–water partition coefficient (Wildman–Crippen LogP) is 1.62. The van der Waals surface area contributed by atoms with Crippen molar-refractivity contribution in [2.24, 2.45) is 5.92 Å². The minimum absolute atomic E-state index is 0.617. The van der Waals surface area contributed by atoms with Gasteiger partial charge in [-0.2, -0.15) is 0 Å². The van der Waals surface area contributed by atoms with E-state index in [1.165, 1.54) is 6.26 Å². The van der Waals surface area contributed by atoms with Gasteiger partial charge in [0.25, 0.3) is 0 Å². The molecule has 2 N–H and O–H groups in total. The van der Waals surface area contributed by atoms with E-state index in [0.717, 1.165) is 19.5 Å². The Bertz CT molecular complexity index is 123. The molecule has 62 valence electrons. The van der Waals surface area contributed by atoms with Gasteiger partial charge < -0.3 is 0 Å². The van der Waals surface area contributed by atoms with Crippen molar-refractivity contribution in [3.8, 4) is 0 Å². The van der Waals surface area contributed by atoms with E-state index >= 15 is 0 Å².